The van der Waals surface area contributed by atoms with Crippen LogP contribution in [0.2, 0.25) is 0 Å². The predicted octanol–water partition coefficient (Wildman–Crippen LogP) is 2.76. The second kappa shape index (κ2) is 9.49. The lowest BCUT2D eigenvalue weighted by Crippen LogP contribution is -2.10. The van der Waals surface area contributed by atoms with E-state index in [1.165, 1.54) is 12.8 Å². The number of rotatable bonds is 7. The van der Waals surface area contributed by atoms with Gasteiger partial charge in [0.15, 0.2) is 0 Å². The molecule has 4 heteroatoms. The summed E-state index contributed by atoms with van der Waals surface area (Å²) in [4.78, 5) is 30.2. The number of hydrogen-bond acceptors (Lipinski definition) is 4. The van der Waals surface area contributed by atoms with Gasteiger partial charge in [0.25, 0.3) is 0 Å². The van der Waals surface area contributed by atoms with Gasteiger partial charge in [-0.25, -0.2) is 19.4 Å². The molecule has 0 saturated heterocycles. The van der Waals surface area contributed by atoms with Crippen LogP contribution in [0, 0.1) is 0 Å². The number of carbonyl (C=O) groups is 2. The van der Waals surface area contributed by atoms with Crippen LogP contribution in [-0.4, -0.2) is 11.9 Å². The van der Waals surface area contributed by atoms with Crippen LogP contribution in [0.5, 0.6) is 0 Å². The van der Waals surface area contributed by atoms with Gasteiger partial charge in [-0.3, -0.25) is 0 Å². The molecule has 0 aromatic carbocycles. The lowest BCUT2D eigenvalue weighted by atomic mass is 10.1. The first-order valence-corrected chi connectivity index (χ1v) is 5.60. The standard InChI is InChI=1S/C11H20O4/c1-3-5-6-7-8-9-11(13)15-14-10(12)4-2/h3-9H2,1-2H3. The summed E-state index contributed by atoms with van der Waals surface area (Å²) in [6.45, 7) is 3.78. The summed E-state index contributed by atoms with van der Waals surface area (Å²) in [5.41, 5.74) is 0. The zero-order valence-corrected chi connectivity index (χ0v) is 9.58. The van der Waals surface area contributed by atoms with Gasteiger partial charge in [-0.2, -0.15) is 0 Å². The fraction of sp³-hybridized carbons (Fsp3) is 0.818. The van der Waals surface area contributed by atoms with Gasteiger partial charge in [0.2, 0.25) is 0 Å². The first-order valence-electron chi connectivity index (χ1n) is 5.60. The van der Waals surface area contributed by atoms with Crippen molar-refractivity contribution in [2.24, 2.45) is 0 Å². The van der Waals surface area contributed by atoms with Crippen molar-refractivity contribution in [1.82, 2.24) is 0 Å². The number of carbonyl (C=O) groups excluding carboxylic acids is 2. The largest absolute Gasteiger partial charge is 0.355 e. The van der Waals surface area contributed by atoms with E-state index >= 15 is 0 Å². The maximum Gasteiger partial charge on any atom is 0.355 e. The number of hydrogen-bond donors (Lipinski definition) is 0. The highest BCUT2D eigenvalue weighted by Gasteiger charge is 2.07. The van der Waals surface area contributed by atoms with Crippen molar-refractivity contribution in [2.75, 3.05) is 0 Å². The molecule has 0 spiro atoms. The molecular formula is C11H20O4. The van der Waals surface area contributed by atoms with Crippen molar-refractivity contribution in [1.29, 1.82) is 0 Å². The SMILES string of the molecule is CCCCCCCC(=O)OOC(=O)CC. The van der Waals surface area contributed by atoms with E-state index in [0.717, 1.165) is 19.3 Å². The maximum absolute atomic E-state index is 11.0. The molecule has 15 heavy (non-hydrogen) atoms. The molecule has 0 heterocycles. The monoisotopic (exact) mass is 216 g/mol. The molecule has 0 bridgehead atoms. The van der Waals surface area contributed by atoms with Crippen LogP contribution in [0.25, 0.3) is 0 Å². The molecule has 0 unspecified atom stereocenters. The fourth-order valence-corrected chi connectivity index (χ4v) is 1.07. The lowest BCUT2D eigenvalue weighted by Gasteiger charge is -2.01. The zero-order chi connectivity index (χ0) is 11.5. The van der Waals surface area contributed by atoms with Crippen molar-refractivity contribution in [3.05, 3.63) is 0 Å². The fourth-order valence-electron chi connectivity index (χ4n) is 1.07. The van der Waals surface area contributed by atoms with E-state index in [0.29, 0.717) is 6.42 Å². The van der Waals surface area contributed by atoms with Crippen molar-refractivity contribution in [2.45, 2.75) is 58.8 Å². The Morgan fingerprint density at radius 3 is 2.07 bits per heavy atom. The summed E-state index contributed by atoms with van der Waals surface area (Å²) in [7, 11) is 0. The minimum absolute atomic E-state index is 0.212. The van der Waals surface area contributed by atoms with Crippen molar-refractivity contribution < 1.29 is 19.4 Å². The van der Waals surface area contributed by atoms with Gasteiger partial charge in [-0.15, -0.1) is 0 Å². The van der Waals surface area contributed by atoms with Gasteiger partial charge in [-0.1, -0.05) is 39.5 Å². The van der Waals surface area contributed by atoms with E-state index in [1.807, 2.05) is 0 Å². The maximum atomic E-state index is 11.0. The van der Waals surface area contributed by atoms with Crippen LogP contribution in [0.4, 0.5) is 0 Å². The van der Waals surface area contributed by atoms with Crippen LogP contribution < -0.4 is 0 Å². The Balaban J connectivity index is 3.30. The van der Waals surface area contributed by atoms with E-state index in [2.05, 4.69) is 16.7 Å². The predicted molar refractivity (Wildman–Crippen MR) is 55.9 cm³/mol. The summed E-state index contributed by atoms with van der Waals surface area (Å²) in [6, 6.07) is 0. The van der Waals surface area contributed by atoms with Crippen molar-refractivity contribution in [3.63, 3.8) is 0 Å². The third-order valence-corrected chi connectivity index (χ3v) is 2.00. The minimum atomic E-state index is -0.519. The van der Waals surface area contributed by atoms with E-state index in [4.69, 9.17) is 0 Å². The molecule has 88 valence electrons. The molecule has 4 nitrogen and oxygen atoms in total. The third-order valence-electron chi connectivity index (χ3n) is 2.00. The Labute approximate surface area is 90.9 Å². The molecule has 0 fully saturated rings. The van der Waals surface area contributed by atoms with Crippen LogP contribution >= 0.6 is 0 Å². The molecule has 0 aliphatic carbocycles. The molecule has 0 amide bonds. The second-order valence-electron chi connectivity index (χ2n) is 3.43. The van der Waals surface area contributed by atoms with E-state index in [-0.39, 0.29) is 6.42 Å². The Morgan fingerprint density at radius 1 is 0.867 bits per heavy atom. The van der Waals surface area contributed by atoms with E-state index in [1.54, 1.807) is 6.92 Å². The molecule has 0 saturated carbocycles. The zero-order valence-electron chi connectivity index (χ0n) is 9.58. The summed E-state index contributed by atoms with van der Waals surface area (Å²) in [5, 5.41) is 0. The first-order chi connectivity index (χ1) is 7.20. The molecule has 0 rings (SSSR count). The highest BCUT2D eigenvalue weighted by Crippen LogP contribution is 2.05. The summed E-state index contributed by atoms with van der Waals surface area (Å²) < 4.78 is 0. The Morgan fingerprint density at radius 2 is 1.47 bits per heavy atom. The van der Waals surface area contributed by atoms with Crippen molar-refractivity contribution >= 4 is 11.9 Å². The molecule has 0 aromatic rings. The Kier molecular flexibility index (Phi) is 8.82. The summed E-state index contributed by atoms with van der Waals surface area (Å²) >= 11 is 0. The van der Waals surface area contributed by atoms with E-state index < -0.39 is 11.9 Å². The third kappa shape index (κ3) is 9.25. The van der Waals surface area contributed by atoms with Crippen LogP contribution in [0.15, 0.2) is 0 Å². The molecule has 0 aliphatic heterocycles. The normalized spacial score (nSPS) is 9.73. The summed E-state index contributed by atoms with van der Waals surface area (Å²) in [5.74, 6) is -0.984. The van der Waals surface area contributed by atoms with E-state index in [9.17, 15) is 9.59 Å². The van der Waals surface area contributed by atoms with Gasteiger partial charge in [0, 0.05) is 6.42 Å². The Hall–Kier alpha value is -1.06. The average Bonchev–Trinajstić information content (AvgIpc) is 2.25. The smallest absolute Gasteiger partial charge is 0.247 e. The molecule has 0 aromatic heterocycles. The van der Waals surface area contributed by atoms with Crippen LogP contribution in [0.1, 0.15) is 58.8 Å². The summed E-state index contributed by atoms with van der Waals surface area (Å²) in [6.07, 6.45) is 5.86. The first kappa shape index (κ1) is 13.9. The molecule has 0 atom stereocenters. The average molecular weight is 216 g/mol. The highest BCUT2D eigenvalue weighted by molar-refractivity contribution is 5.72. The van der Waals surface area contributed by atoms with Crippen LogP contribution in [-0.2, 0) is 19.4 Å². The highest BCUT2D eigenvalue weighted by atomic mass is 17.2. The van der Waals surface area contributed by atoms with Gasteiger partial charge in [0.05, 0.1) is 6.42 Å². The minimum Gasteiger partial charge on any atom is -0.247 e. The second-order valence-corrected chi connectivity index (χ2v) is 3.43. The van der Waals surface area contributed by atoms with Gasteiger partial charge >= 0.3 is 11.9 Å². The van der Waals surface area contributed by atoms with Crippen molar-refractivity contribution in [3.8, 4) is 0 Å². The van der Waals surface area contributed by atoms with Gasteiger partial charge < -0.3 is 0 Å². The quantitative estimate of drug-likeness (QED) is 0.373. The molecule has 0 aliphatic rings. The topological polar surface area (TPSA) is 52.6 Å². The number of unbranched alkanes of at least 4 members (excludes halogenated alkanes) is 4. The molecule has 0 radical (unpaired) electrons. The molecule has 0 N–H and O–H groups in total. The Bertz CT molecular complexity index is 189. The van der Waals surface area contributed by atoms with Gasteiger partial charge in [0.1, 0.15) is 0 Å². The van der Waals surface area contributed by atoms with Crippen LogP contribution in [0.3, 0.4) is 0 Å². The lowest BCUT2D eigenvalue weighted by molar-refractivity contribution is -0.258. The molecular weight excluding hydrogens is 196 g/mol. The van der Waals surface area contributed by atoms with Gasteiger partial charge in [-0.05, 0) is 6.42 Å².